The summed E-state index contributed by atoms with van der Waals surface area (Å²) >= 11 is 0. The smallest absolute Gasteiger partial charge is 0.414 e. The Bertz CT molecular complexity index is 443. The molecule has 21 heavy (non-hydrogen) atoms. The van der Waals surface area contributed by atoms with Gasteiger partial charge in [0.2, 0.25) is 0 Å². The number of nitrogens with one attached hydrogen (secondary N) is 1. The number of rotatable bonds is 7. The van der Waals surface area contributed by atoms with Crippen molar-refractivity contribution in [2.75, 3.05) is 13.7 Å². The van der Waals surface area contributed by atoms with Gasteiger partial charge in [0.1, 0.15) is 5.75 Å². The molecule has 1 aromatic carbocycles. The molecule has 2 rings (SSSR count). The Balaban J connectivity index is 2.05. The zero-order valence-electron chi connectivity index (χ0n) is 12.1. The van der Waals surface area contributed by atoms with Gasteiger partial charge < -0.3 is 14.8 Å². The quantitative estimate of drug-likeness (QED) is 0.837. The zero-order valence-corrected chi connectivity index (χ0v) is 12.1. The van der Waals surface area contributed by atoms with E-state index in [2.05, 4.69) is 5.32 Å². The molecule has 0 heterocycles. The van der Waals surface area contributed by atoms with Crippen LogP contribution in [0.5, 0.6) is 5.75 Å². The average Bonchev–Trinajstić information content (AvgIpc) is 3.26. The molecule has 1 fully saturated rings. The highest BCUT2D eigenvalue weighted by molar-refractivity contribution is 5.28. The van der Waals surface area contributed by atoms with E-state index in [4.69, 9.17) is 9.47 Å². The highest BCUT2D eigenvalue weighted by atomic mass is 19.4. The molecule has 1 aromatic rings. The summed E-state index contributed by atoms with van der Waals surface area (Å²) in [6.45, 7) is 1.41. The number of ether oxygens (including phenoxy) is 2. The van der Waals surface area contributed by atoms with E-state index in [0.29, 0.717) is 23.9 Å². The van der Waals surface area contributed by atoms with Crippen LogP contribution in [0.2, 0.25) is 0 Å². The molecule has 1 aliphatic rings. The molecule has 6 heteroatoms. The molecule has 1 saturated carbocycles. The van der Waals surface area contributed by atoms with Gasteiger partial charge in [0, 0.05) is 12.6 Å². The minimum Gasteiger partial charge on any atom is -0.497 e. The van der Waals surface area contributed by atoms with Gasteiger partial charge in [0.15, 0.2) is 6.10 Å². The fourth-order valence-corrected chi connectivity index (χ4v) is 1.95. The summed E-state index contributed by atoms with van der Waals surface area (Å²) in [5, 5.41) is 3.22. The van der Waals surface area contributed by atoms with Crippen molar-refractivity contribution < 1.29 is 22.6 Å². The molecule has 1 aliphatic carbocycles. The van der Waals surface area contributed by atoms with Crippen LogP contribution in [0.3, 0.4) is 0 Å². The van der Waals surface area contributed by atoms with E-state index in [9.17, 15) is 13.2 Å². The summed E-state index contributed by atoms with van der Waals surface area (Å²) in [6, 6.07) is 7.33. The maximum absolute atomic E-state index is 12.7. The van der Waals surface area contributed by atoms with Crippen LogP contribution in [0.1, 0.15) is 31.4 Å². The van der Waals surface area contributed by atoms with E-state index in [1.54, 1.807) is 31.4 Å². The summed E-state index contributed by atoms with van der Waals surface area (Å²) in [5.41, 5.74) is 0.708. The van der Waals surface area contributed by atoms with E-state index >= 15 is 0 Å². The first-order chi connectivity index (χ1) is 9.90. The minimum absolute atomic E-state index is 0.372. The molecule has 2 unspecified atom stereocenters. The topological polar surface area (TPSA) is 30.5 Å². The molecular formula is C15H20F3NO2. The van der Waals surface area contributed by atoms with E-state index in [-0.39, 0.29) is 0 Å². The molecular weight excluding hydrogens is 283 g/mol. The van der Waals surface area contributed by atoms with Crippen molar-refractivity contribution in [1.29, 1.82) is 0 Å². The second-order valence-corrected chi connectivity index (χ2v) is 5.26. The normalized spacial score (nSPS) is 18.3. The standard InChI is InChI=1S/C15H20F3NO2/c1-10(15(16,17)18)21-14(9-19-12-5-6-12)11-3-7-13(20-2)8-4-11/h3-4,7-8,10,12,14,19H,5-6,9H2,1-2H3. The van der Waals surface area contributed by atoms with Gasteiger partial charge >= 0.3 is 6.18 Å². The van der Waals surface area contributed by atoms with Crippen molar-refractivity contribution in [3.05, 3.63) is 29.8 Å². The fourth-order valence-electron chi connectivity index (χ4n) is 1.95. The van der Waals surface area contributed by atoms with Crippen LogP contribution < -0.4 is 10.1 Å². The molecule has 0 bridgehead atoms. The summed E-state index contributed by atoms with van der Waals surface area (Å²) in [5.74, 6) is 0.663. The lowest BCUT2D eigenvalue weighted by atomic mass is 10.1. The lowest BCUT2D eigenvalue weighted by Crippen LogP contribution is -2.34. The number of halogens is 3. The molecule has 1 N–H and O–H groups in total. The second kappa shape index (κ2) is 6.66. The third-order valence-corrected chi connectivity index (χ3v) is 3.49. The Kier molecular flexibility index (Phi) is 5.11. The molecule has 3 nitrogen and oxygen atoms in total. The molecule has 0 saturated heterocycles. The molecule has 118 valence electrons. The van der Waals surface area contributed by atoms with Crippen LogP contribution in [-0.2, 0) is 4.74 Å². The second-order valence-electron chi connectivity index (χ2n) is 5.26. The highest BCUT2D eigenvalue weighted by Gasteiger charge is 2.39. The van der Waals surface area contributed by atoms with Gasteiger partial charge in [-0.1, -0.05) is 12.1 Å². The largest absolute Gasteiger partial charge is 0.497 e. The van der Waals surface area contributed by atoms with Crippen LogP contribution in [0.4, 0.5) is 13.2 Å². The van der Waals surface area contributed by atoms with Gasteiger partial charge in [-0.05, 0) is 37.5 Å². The Morgan fingerprint density at radius 3 is 2.33 bits per heavy atom. The van der Waals surface area contributed by atoms with Crippen molar-refractivity contribution in [1.82, 2.24) is 5.32 Å². The Morgan fingerprint density at radius 1 is 1.24 bits per heavy atom. The lowest BCUT2D eigenvalue weighted by molar-refractivity contribution is -0.227. The predicted octanol–water partition coefficient (Wildman–Crippen LogP) is 3.46. The molecule has 0 spiro atoms. The predicted molar refractivity (Wildman–Crippen MR) is 73.4 cm³/mol. The van der Waals surface area contributed by atoms with E-state index < -0.39 is 18.4 Å². The number of benzene rings is 1. The highest BCUT2D eigenvalue weighted by Crippen LogP contribution is 2.29. The minimum atomic E-state index is -4.36. The summed E-state index contributed by atoms with van der Waals surface area (Å²) < 4.78 is 48.3. The Morgan fingerprint density at radius 2 is 1.86 bits per heavy atom. The maximum atomic E-state index is 12.7. The first-order valence-electron chi connectivity index (χ1n) is 6.99. The Labute approximate surface area is 122 Å². The van der Waals surface area contributed by atoms with Crippen molar-refractivity contribution >= 4 is 0 Å². The van der Waals surface area contributed by atoms with Crippen LogP contribution in [0, 0.1) is 0 Å². The first kappa shape index (κ1) is 16.1. The lowest BCUT2D eigenvalue weighted by Gasteiger charge is -2.25. The summed E-state index contributed by atoms with van der Waals surface area (Å²) in [7, 11) is 1.55. The average molecular weight is 303 g/mol. The van der Waals surface area contributed by atoms with Crippen molar-refractivity contribution in [3.8, 4) is 5.75 Å². The van der Waals surface area contributed by atoms with E-state index in [1.165, 1.54) is 0 Å². The maximum Gasteiger partial charge on any atom is 0.414 e. The number of alkyl halides is 3. The summed E-state index contributed by atoms with van der Waals surface area (Å²) in [6.07, 6.45) is -4.64. The van der Waals surface area contributed by atoms with Crippen LogP contribution >= 0.6 is 0 Å². The van der Waals surface area contributed by atoms with Crippen LogP contribution in [-0.4, -0.2) is 32.0 Å². The van der Waals surface area contributed by atoms with Gasteiger partial charge in [0.05, 0.1) is 13.2 Å². The molecule has 0 aromatic heterocycles. The summed E-state index contributed by atoms with van der Waals surface area (Å²) in [4.78, 5) is 0. The van der Waals surface area contributed by atoms with Crippen molar-refractivity contribution in [3.63, 3.8) is 0 Å². The first-order valence-corrected chi connectivity index (χ1v) is 6.99. The van der Waals surface area contributed by atoms with Gasteiger partial charge in [-0.3, -0.25) is 0 Å². The number of hydrogen-bond donors (Lipinski definition) is 1. The molecule has 0 radical (unpaired) electrons. The van der Waals surface area contributed by atoms with Gasteiger partial charge in [-0.2, -0.15) is 13.2 Å². The Hall–Kier alpha value is -1.27. The SMILES string of the molecule is COc1ccc(C(CNC2CC2)OC(C)C(F)(F)F)cc1. The van der Waals surface area contributed by atoms with Crippen molar-refractivity contribution in [2.45, 2.75) is 44.2 Å². The monoisotopic (exact) mass is 303 g/mol. The van der Waals surface area contributed by atoms with Crippen molar-refractivity contribution in [2.24, 2.45) is 0 Å². The van der Waals surface area contributed by atoms with Crippen LogP contribution in [0.25, 0.3) is 0 Å². The number of hydrogen-bond acceptors (Lipinski definition) is 3. The van der Waals surface area contributed by atoms with Gasteiger partial charge in [-0.25, -0.2) is 0 Å². The molecule has 2 atom stereocenters. The molecule has 0 aliphatic heterocycles. The van der Waals surface area contributed by atoms with E-state index in [1.807, 2.05) is 0 Å². The van der Waals surface area contributed by atoms with E-state index in [0.717, 1.165) is 19.8 Å². The zero-order chi connectivity index (χ0) is 15.5. The number of methoxy groups -OCH3 is 1. The molecule has 0 amide bonds. The third-order valence-electron chi connectivity index (χ3n) is 3.49. The van der Waals surface area contributed by atoms with Gasteiger partial charge in [0.25, 0.3) is 0 Å². The van der Waals surface area contributed by atoms with Crippen LogP contribution in [0.15, 0.2) is 24.3 Å². The van der Waals surface area contributed by atoms with Gasteiger partial charge in [-0.15, -0.1) is 0 Å². The third kappa shape index (κ3) is 4.89. The fraction of sp³-hybridized carbons (Fsp3) is 0.600.